The molecule has 0 aromatic heterocycles. The van der Waals surface area contributed by atoms with E-state index < -0.39 is 29.4 Å². The van der Waals surface area contributed by atoms with E-state index in [0.29, 0.717) is 11.8 Å². The van der Waals surface area contributed by atoms with Crippen molar-refractivity contribution in [3.8, 4) is 0 Å². The Kier molecular flexibility index (Phi) is 4.75. The number of hydrogen-bond donors (Lipinski definition) is 1. The Hall–Kier alpha value is -0.140. The zero-order valence-corrected chi connectivity index (χ0v) is 9.47. The van der Waals surface area contributed by atoms with Gasteiger partial charge in [-0.05, 0) is 6.42 Å². The number of carbonyl (C=O) groups is 1. The summed E-state index contributed by atoms with van der Waals surface area (Å²) in [6.45, 7) is 0. The molecule has 2 N–H and O–H groups in total. The summed E-state index contributed by atoms with van der Waals surface area (Å²) in [5, 5.41) is -1.56. The van der Waals surface area contributed by atoms with Gasteiger partial charge in [0.25, 0.3) is 0 Å². The Labute approximate surface area is 95.3 Å². The molecule has 0 amide bonds. The van der Waals surface area contributed by atoms with Crippen LogP contribution in [0.1, 0.15) is 6.42 Å². The van der Waals surface area contributed by atoms with Crippen molar-refractivity contribution in [2.24, 2.45) is 5.73 Å². The monoisotopic (exact) mass is 265 g/mol. The molecule has 0 spiro atoms. The van der Waals surface area contributed by atoms with Crippen LogP contribution in [0.25, 0.3) is 0 Å². The van der Waals surface area contributed by atoms with E-state index in [2.05, 4.69) is 4.74 Å². The van der Waals surface area contributed by atoms with Gasteiger partial charge in [0.2, 0.25) is 0 Å². The highest BCUT2D eigenvalue weighted by Gasteiger charge is 2.53. The Bertz CT molecular complexity index is 251. The second-order valence-corrected chi connectivity index (χ2v) is 4.38. The number of rotatable bonds is 1. The second-order valence-electron chi connectivity index (χ2n) is 3.19. The number of nitrogens with two attached hydrogens (primary N) is 1. The van der Waals surface area contributed by atoms with Crippen molar-refractivity contribution in [1.82, 2.24) is 0 Å². The smallest absolute Gasteiger partial charge is 0.400 e. The molecule has 1 saturated heterocycles. The van der Waals surface area contributed by atoms with Gasteiger partial charge in [-0.25, -0.2) is 0 Å². The minimum Gasteiger partial charge on any atom is -0.468 e. The third-order valence-corrected chi connectivity index (χ3v) is 3.57. The number of esters is 1. The summed E-state index contributed by atoms with van der Waals surface area (Å²) in [5.41, 5.74) is 4.02. The zero-order valence-electron chi connectivity index (χ0n) is 7.84. The molecule has 15 heavy (non-hydrogen) atoms. The van der Waals surface area contributed by atoms with Crippen LogP contribution in [0.5, 0.6) is 0 Å². The topological polar surface area (TPSA) is 52.3 Å². The SMILES string of the molecule is COC(=O)[C@]1(N)CS[C@@H](C(F)(F)F)C1.Cl. The van der Waals surface area contributed by atoms with Crippen molar-refractivity contribution in [2.45, 2.75) is 23.4 Å². The van der Waals surface area contributed by atoms with Crippen LogP contribution in [0, 0.1) is 0 Å². The molecule has 8 heteroatoms. The molecule has 1 fully saturated rings. The van der Waals surface area contributed by atoms with Gasteiger partial charge in [-0.1, -0.05) is 0 Å². The van der Waals surface area contributed by atoms with Crippen LogP contribution in [-0.4, -0.2) is 35.8 Å². The van der Waals surface area contributed by atoms with E-state index in [0.717, 1.165) is 7.11 Å². The first-order valence-electron chi connectivity index (χ1n) is 3.85. The van der Waals surface area contributed by atoms with Crippen molar-refractivity contribution in [3.63, 3.8) is 0 Å². The van der Waals surface area contributed by atoms with Gasteiger partial charge in [0.05, 0.1) is 7.11 Å². The lowest BCUT2D eigenvalue weighted by molar-refractivity contribution is -0.149. The summed E-state index contributed by atoms with van der Waals surface area (Å²) >= 11 is 0.649. The van der Waals surface area contributed by atoms with Gasteiger partial charge in [-0.15, -0.1) is 24.2 Å². The quantitative estimate of drug-likeness (QED) is 0.727. The van der Waals surface area contributed by atoms with Gasteiger partial charge in [0.15, 0.2) is 0 Å². The predicted octanol–water partition coefficient (Wildman–Crippen LogP) is 1.35. The molecule has 0 unspecified atom stereocenters. The van der Waals surface area contributed by atoms with Crippen LogP contribution in [0.4, 0.5) is 13.2 Å². The Morgan fingerprint density at radius 2 is 2.13 bits per heavy atom. The first-order valence-corrected chi connectivity index (χ1v) is 4.90. The molecule has 1 aliphatic heterocycles. The van der Waals surface area contributed by atoms with Gasteiger partial charge in [-0.2, -0.15) is 13.2 Å². The van der Waals surface area contributed by atoms with Crippen LogP contribution in [0.2, 0.25) is 0 Å². The molecule has 0 saturated carbocycles. The van der Waals surface area contributed by atoms with Gasteiger partial charge < -0.3 is 10.5 Å². The summed E-state index contributed by atoms with van der Waals surface area (Å²) in [4.78, 5) is 11.1. The number of alkyl halides is 3. The minimum atomic E-state index is -4.31. The van der Waals surface area contributed by atoms with Crippen LogP contribution < -0.4 is 5.73 Å². The standard InChI is InChI=1S/C7H10F3NO2S.ClH/c1-13-5(12)6(11)2-4(14-3-6)7(8,9)10;/h4H,2-3,11H2,1H3;1H/t4-,6-;/m1./s1. The Balaban J connectivity index is 0.00000196. The lowest BCUT2D eigenvalue weighted by Crippen LogP contribution is -2.49. The zero-order chi connectivity index (χ0) is 11.0. The van der Waals surface area contributed by atoms with Crippen molar-refractivity contribution < 1.29 is 22.7 Å². The summed E-state index contributed by atoms with van der Waals surface area (Å²) in [6, 6.07) is 0. The average Bonchev–Trinajstić information content (AvgIpc) is 2.47. The largest absolute Gasteiger partial charge is 0.468 e. The number of carbonyl (C=O) groups excluding carboxylic acids is 1. The van der Waals surface area contributed by atoms with E-state index in [9.17, 15) is 18.0 Å². The van der Waals surface area contributed by atoms with Crippen molar-refractivity contribution >= 4 is 30.1 Å². The highest BCUT2D eigenvalue weighted by atomic mass is 35.5. The normalized spacial score (nSPS) is 30.9. The molecule has 0 radical (unpaired) electrons. The molecular formula is C7H11ClF3NO2S. The second kappa shape index (κ2) is 4.80. The van der Waals surface area contributed by atoms with Crippen molar-refractivity contribution in [2.75, 3.05) is 12.9 Å². The van der Waals surface area contributed by atoms with E-state index in [1.54, 1.807) is 0 Å². The number of thioether (sulfide) groups is 1. The lowest BCUT2D eigenvalue weighted by atomic mass is 9.97. The number of hydrogen-bond acceptors (Lipinski definition) is 4. The number of methoxy groups -OCH3 is 1. The number of halogens is 4. The molecule has 1 heterocycles. The first-order chi connectivity index (χ1) is 6.29. The molecule has 1 rings (SSSR count). The molecule has 90 valence electrons. The molecule has 1 aliphatic rings. The summed E-state index contributed by atoms with van der Waals surface area (Å²) in [5.74, 6) is -0.833. The average molecular weight is 266 g/mol. The molecule has 0 aromatic carbocycles. The predicted molar refractivity (Wildman–Crippen MR) is 53.1 cm³/mol. The molecule has 0 aromatic rings. The molecule has 0 aliphatic carbocycles. The Morgan fingerprint density at radius 3 is 2.47 bits per heavy atom. The maximum absolute atomic E-state index is 12.2. The van der Waals surface area contributed by atoms with Gasteiger partial charge in [0, 0.05) is 5.75 Å². The minimum absolute atomic E-state index is 0. The fraction of sp³-hybridized carbons (Fsp3) is 0.857. The fourth-order valence-corrected chi connectivity index (χ4v) is 2.59. The molecule has 3 nitrogen and oxygen atoms in total. The summed E-state index contributed by atoms with van der Waals surface area (Å²) < 4.78 is 41.1. The van der Waals surface area contributed by atoms with E-state index in [1.165, 1.54) is 0 Å². The van der Waals surface area contributed by atoms with E-state index in [1.807, 2.05) is 0 Å². The number of ether oxygens (including phenoxy) is 1. The maximum atomic E-state index is 12.2. The first kappa shape index (κ1) is 14.9. The van der Waals surface area contributed by atoms with Crippen LogP contribution in [0.15, 0.2) is 0 Å². The summed E-state index contributed by atoms with van der Waals surface area (Å²) in [7, 11) is 1.11. The fourth-order valence-electron chi connectivity index (χ4n) is 1.25. The van der Waals surface area contributed by atoms with Crippen LogP contribution in [-0.2, 0) is 9.53 Å². The lowest BCUT2D eigenvalue weighted by Gasteiger charge is -2.20. The van der Waals surface area contributed by atoms with Crippen LogP contribution >= 0.6 is 24.2 Å². The molecule has 0 bridgehead atoms. The van der Waals surface area contributed by atoms with Crippen molar-refractivity contribution in [1.29, 1.82) is 0 Å². The highest BCUT2D eigenvalue weighted by molar-refractivity contribution is 8.00. The maximum Gasteiger partial charge on any atom is 0.400 e. The molecular weight excluding hydrogens is 255 g/mol. The summed E-state index contributed by atoms with van der Waals surface area (Å²) in [6.07, 6.45) is -4.71. The Morgan fingerprint density at radius 1 is 1.60 bits per heavy atom. The van der Waals surface area contributed by atoms with Crippen LogP contribution in [0.3, 0.4) is 0 Å². The van der Waals surface area contributed by atoms with E-state index in [4.69, 9.17) is 5.73 Å². The molecule has 2 atom stereocenters. The third-order valence-electron chi connectivity index (χ3n) is 2.05. The highest BCUT2D eigenvalue weighted by Crippen LogP contribution is 2.42. The van der Waals surface area contributed by atoms with E-state index in [-0.39, 0.29) is 18.2 Å². The van der Waals surface area contributed by atoms with Crippen molar-refractivity contribution in [3.05, 3.63) is 0 Å². The van der Waals surface area contributed by atoms with Gasteiger partial charge >= 0.3 is 12.1 Å². The third kappa shape index (κ3) is 3.15. The van der Waals surface area contributed by atoms with E-state index >= 15 is 0 Å². The van der Waals surface area contributed by atoms with Gasteiger partial charge in [-0.3, -0.25) is 4.79 Å². The van der Waals surface area contributed by atoms with Gasteiger partial charge in [0.1, 0.15) is 10.8 Å².